The number of amides is 2. The molecule has 160 valence electrons. The van der Waals surface area contributed by atoms with Crippen LogP contribution in [-0.2, 0) is 22.4 Å². The number of aromatic nitrogens is 1. The van der Waals surface area contributed by atoms with Gasteiger partial charge in [-0.25, -0.2) is 0 Å². The lowest BCUT2D eigenvalue weighted by Gasteiger charge is -2.32. The van der Waals surface area contributed by atoms with E-state index in [-0.39, 0.29) is 11.8 Å². The molecule has 0 saturated carbocycles. The zero-order chi connectivity index (χ0) is 21.5. The first-order chi connectivity index (χ1) is 15.0. The van der Waals surface area contributed by atoms with Crippen LogP contribution >= 0.6 is 0 Å². The van der Waals surface area contributed by atoms with E-state index in [1.165, 1.54) is 0 Å². The van der Waals surface area contributed by atoms with E-state index in [0.29, 0.717) is 38.3 Å². The summed E-state index contributed by atoms with van der Waals surface area (Å²) in [5.74, 6) is -0.267. The van der Waals surface area contributed by atoms with Gasteiger partial charge in [0.15, 0.2) is 0 Å². The van der Waals surface area contributed by atoms with Crippen molar-refractivity contribution < 1.29 is 14.3 Å². The van der Waals surface area contributed by atoms with Gasteiger partial charge in [0.05, 0.1) is 24.3 Å². The number of hydrogen-bond donors (Lipinski definition) is 2. The molecule has 3 aromatic rings. The summed E-state index contributed by atoms with van der Waals surface area (Å²) >= 11 is 0. The largest absolute Gasteiger partial charge is 0.378 e. The van der Waals surface area contributed by atoms with Crippen LogP contribution in [0.5, 0.6) is 0 Å². The van der Waals surface area contributed by atoms with E-state index in [0.717, 1.165) is 51.7 Å². The number of nitrogens with zero attached hydrogens (tertiary/aromatic N) is 1. The molecular weight excluding hydrogens is 390 g/mol. The number of primary amides is 1. The Labute approximate surface area is 181 Å². The first kappa shape index (κ1) is 19.8. The van der Waals surface area contributed by atoms with Gasteiger partial charge in [0.1, 0.15) is 0 Å². The zero-order valence-electron chi connectivity index (χ0n) is 17.7. The van der Waals surface area contributed by atoms with E-state index < -0.39 is 5.91 Å². The minimum Gasteiger partial charge on any atom is -0.378 e. The molecule has 1 saturated heterocycles. The van der Waals surface area contributed by atoms with Gasteiger partial charge in [0, 0.05) is 30.1 Å². The van der Waals surface area contributed by atoms with Crippen molar-refractivity contribution in [2.75, 3.05) is 26.3 Å². The van der Waals surface area contributed by atoms with Crippen molar-refractivity contribution in [1.82, 2.24) is 9.88 Å². The molecule has 1 aliphatic heterocycles. The Kier molecular flexibility index (Phi) is 5.02. The molecule has 6 heteroatoms. The predicted molar refractivity (Wildman–Crippen MR) is 120 cm³/mol. The van der Waals surface area contributed by atoms with Crippen molar-refractivity contribution >= 4 is 22.7 Å². The van der Waals surface area contributed by atoms with Crippen LogP contribution in [0.2, 0.25) is 0 Å². The number of fused-ring (bicyclic) bond motifs is 3. The fourth-order valence-electron chi connectivity index (χ4n) is 4.96. The number of H-pyrrole nitrogens is 1. The Morgan fingerprint density at radius 2 is 1.94 bits per heavy atom. The summed E-state index contributed by atoms with van der Waals surface area (Å²) in [6.07, 6.45) is 2.29. The maximum absolute atomic E-state index is 13.1. The fourth-order valence-corrected chi connectivity index (χ4v) is 4.96. The number of benzene rings is 2. The predicted octanol–water partition coefficient (Wildman–Crippen LogP) is 3.21. The van der Waals surface area contributed by atoms with Gasteiger partial charge < -0.3 is 20.4 Å². The molecule has 2 aliphatic rings. The average molecular weight is 418 g/mol. The third-order valence-electron chi connectivity index (χ3n) is 6.59. The van der Waals surface area contributed by atoms with Crippen molar-refractivity contribution in [1.29, 1.82) is 0 Å². The van der Waals surface area contributed by atoms with Gasteiger partial charge in [-0.15, -0.1) is 0 Å². The normalized spacial score (nSPS) is 18.7. The van der Waals surface area contributed by atoms with Crippen LogP contribution in [0.3, 0.4) is 0 Å². The maximum atomic E-state index is 13.1. The van der Waals surface area contributed by atoms with Gasteiger partial charge in [-0.2, -0.15) is 0 Å². The number of nitrogens with one attached hydrogen (secondary N) is 1. The minimum atomic E-state index is -0.445. The summed E-state index contributed by atoms with van der Waals surface area (Å²) < 4.78 is 5.40. The highest BCUT2D eigenvalue weighted by Gasteiger charge is 2.31. The van der Waals surface area contributed by atoms with Gasteiger partial charge in [-0.05, 0) is 55.0 Å². The second kappa shape index (κ2) is 7.85. The molecule has 0 bridgehead atoms. The van der Waals surface area contributed by atoms with Crippen LogP contribution in [0, 0.1) is 12.8 Å². The van der Waals surface area contributed by atoms with Crippen LogP contribution in [0.15, 0.2) is 36.4 Å². The standard InChI is InChI=1S/C25H27N3O3/c1-15-3-2-4-16(11-15)18-13-20-19-12-17(25(30)28-7-9-31-10-8-28)5-6-22(19)27-23(20)21(14-18)24(26)29/h2-4,11,13-14,17,27H,5-10,12H2,1H3,(H2,26,29). The van der Waals surface area contributed by atoms with Crippen molar-refractivity contribution in [3.63, 3.8) is 0 Å². The SMILES string of the molecule is Cc1cccc(-c2cc(C(N)=O)c3[nH]c4c(c3c2)CC(C(=O)N2CCOCC2)CC4)c1. The van der Waals surface area contributed by atoms with Crippen LogP contribution in [0.4, 0.5) is 0 Å². The highest BCUT2D eigenvalue weighted by Crippen LogP contribution is 2.36. The lowest BCUT2D eigenvalue weighted by molar-refractivity contribution is -0.140. The monoisotopic (exact) mass is 417 g/mol. The first-order valence-electron chi connectivity index (χ1n) is 10.9. The molecule has 31 heavy (non-hydrogen) atoms. The number of aryl methyl sites for hydroxylation is 2. The molecule has 1 unspecified atom stereocenters. The number of morpholine rings is 1. The van der Waals surface area contributed by atoms with Gasteiger partial charge in [0.25, 0.3) is 5.91 Å². The van der Waals surface area contributed by atoms with Gasteiger partial charge in [-0.1, -0.05) is 29.8 Å². The molecule has 1 atom stereocenters. The molecule has 1 aromatic heterocycles. The number of carbonyl (C=O) groups is 2. The Morgan fingerprint density at radius 3 is 2.68 bits per heavy atom. The van der Waals surface area contributed by atoms with Crippen LogP contribution in [-0.4, -0.2) is 48.0 Å². The molecule has 1 fully saturated rings. The lowest BCUT2D eigenvalue weighted by atomic mass is 9.84. The number of rotatable bonds is 3. The van der Waals surface area contributed by atoms with Gasteiger partial charge >= 0.3 is 0 Å². The summed E-state index contributed by atoms with van der Waals surface area (Å²) in [5, 5.41) is 1.00. The van der Waals surface area contributed by atoms with E-state index >= 15 is 0 Å². The topological polar surface area (TPSA) is 88.4 Å². The van der Waals surface area contributed by atoms with E-state index in [1.807, 2.05) is 23.1 Å². The molecule has 2 heterocycles. The Morgan fingerprint density at radius 1 is 1.13 bits per heavy atom. The summed E-state index contributed by atoms with van der Waals surface area (Å²) in [6, 6.07) is 12.2. The average Bonchev–Trinajstić information content (AvgIpc) is 3.16. The number of carbonyl (C=O) groups excluding carboxylic acids is 2. The highest BCUT2D eigenvalue weighted by molar-refractivity contribution is 6.08. The van der Waals surface area contributed by atoms with E-state index in [2.05, 4.69) is 30.1 Å². The second-order valence-electron chi connectivity index (χ2n) is 8.64. The molecule has 2 aromatic carbocycles. The van der Waals surface area contributed by atoms with Crippen LogP contribution in [0.25, 0.3) is 22.0 Å². The van der Waals surface area contributed by atoms with Crippen molar-refractivity contribution in [2.24, 2.45) is 11.7 Å². The zero-order valence-corrected chi connectivity index (χ0v) is 17.7. The highest BCUT2D eigenvalue weighted by atomic mass is 16.5. The van der Waals surface area contributed by atoms with Gasteiger partial charge in [0.2, 0.25) is 5.91 Å². The van der Waals surface area contributed by atoms with E-state index in [9.17, 15) is 9.59 Å². The summed E-state index contributed by atoms with van der Waals surface area (Å²) in [4.78, 5) is 30.8. The van der Waals surface area contributed by atoms with Crippen molar-refractivity contribution in [2.45, 2.75) is 26.2 Å². The third kappa shape index (κ3) is 3.61. The molecule has 0 spiro atoms. The summed E-state index contributed by atoms with van der Waals surface area (Å²) in [6.45, 7) is 4.60. The summed E-state index contributed by atoms with van der Waals surface area (Å²) in [5.41, 5.74) is 12.5. The first-order valence-corrected chi connectivity index (χ1v) is 10.9. The lowest BCUT2D eigenvalue weighted by Crippen LogP contribution is -2.44. The molecule has 3 N–H and O–H groups in total. The van der Waals surface area contributed by atoms with Crippen molar-refractivity contribution in [3.05, 3.63) is 58.8 Å². The molecule has 2 amide bonds. The van der Waals surface area contributed by atoms with Crippen LogP contribution in [0.1, 0.15) is 33.6 Å². The fraction of sp³-hybridized carbons (Fsp3) is 0.360. The number of ether oxygens (including phenoxy) is 1. The third-order valence-corrected chi connectivity index (χ3v) is 6.59. The Bertz CT molecular complexity index is 1170. The van der Waals surface area contributed by atoms with Crippen molar-refractivity contribution in [3.8, 4) is 11.1 Å². The summed E-state index contributed by atoms with van der Waals surface area (Å²) in [7, 11) is 0. The number of aromatic amines is 1. The van der Waals surface area contributed by atoms with Crippen LogP contribution < -0.4 is 5.73 Å². The Balaban J connectivity index is 1.57. The minimum absolute atomic E-state index is 0.0377. The molecule has 1 aliphatic carbocycles. The Hall–Kier alpha value is -3.12. The number of hydrogen-bond acceptors (Lipinski definition) is 3. The number of nitrogens with two attached hydrogens (primary N) is 1. The van der Waals surface area contributed by atoms with E-state index in [1.54, 1.807) is 0 Å². The maximum Gasteiger partial charge on any atom is 0.250 e. The molecular formula is C25H27N3O3. The van der Waals surface area contributed by atoms with E-state index in [4.69, 9.17) is 10.5 Å². The molecule has 0 radical (unpaired) electrons. The smallest absolute Gasteiger partial charge is 0.250 e. The quantitative estimate of drug-likeness (QED) is 0.686. The molecule has 6 nitrogen and oxygen atoms in total. The van der Waals surface area contributed by atoms with Gasteiger partial charge in [-0.3, -0.25) is 9.59 Å². The second-order valence-corrected chi connectivity index (χ2v) is 8.64. The molecule has 5 rings (SSSR count).